The standard InChI is InChI=1S/C10H11BrN2O3/c1-3-16-10(15)7(2)5-13-6-12-4-8(11)9(13)14/h4,6H,2-3,5H2,1H3. The molecule has 0 saturated carbocycles. The highest BCUT2D eigenvalue weighted by molar-refractivity contribution is 9.10. The molecule has 0 aliphatic heterocycles. The number of ether oxygens (including phenoxy) is 1. The van der Waals surface area contributed by atoms with Gasteiger partial charge in [-0.15, -0.1) is 0 Å². The molecular weight excluding hydrogens is 276 g/mol. The first kappa shape index (κ1) is 12.6. The number of aromatic nitrogens is 2. The maximum Gasteiger partial charge on any atom is 0.335 e. The van der Waals surface area contributed by atoms with E-state index in [2.05, 4.69) is 27.5 Å². The van der Waals surface area contributed by atoms with Crippen LogP contribution >= 0.6 is 15.9 Å². The Bertz CT molecular complexity index is 467. The summed E-state index contributed by atoms with van der Waals surface area (Å²) in [7, 11) is 0. The predicted octanol–water partition coefficient (Wildman–Crippen LogP) is 1.13. The van der Waals surface area contributed by atoms with Crippen molar-refractivity contribution in [3.63, 3.8) is 0 Å². The maximum absolute atomic E-state index is 11.6. The van der Waals surface area contributed by atoms with Crippen LogP contribution < -0.4 is 5.56 Å². The van der Waals surface area contributed by atoms with E-state index in [4.69, 9.17) is 4.74 Å². The number of carbonyl (C=O) groups excluding carboxylic acids is 1. The van der Waals surface area contributed by atoms with Gasteiger partial charge < -0.3 is 4.74 Å². The molecule has 0 saturated heterocycles. The van der Waals surface area contributed by atoms with Gasteiger partial charge in [-0.2, -0.15) is 0 Å². The Morgan fingerprint density at radius 3 is 3.00 bits per heavy atom. The van der Waals surface area contributed by atoms with Crippen molar-refractivity contribution >= 4 is 21.9 Å². The van der Waals surface area contributed by atoms with E-state index in [0.29, 0.717) is 4.47 Å². The number of esters is 1. The van der Waals surface area contributed by atoms with Crippen LogP contribution in [-0.4, -0.2) is 22.1 Å². The maximum atomic E-state index is 11.6. The molecule has 0 aliphatic carbocycles. The minimum absolute atomic E-state index is 0.0735. The molecule has 16 heavy (non-hydrogen) atoms. The average molecular weight is 287 g/mol. The van der Waals surface area contributed by atoms with Crippen LogP contribution in [0.4, 0.5) is 0 Å². The third-order valence-electron chi connectivity index (χ3n) is 1.78. The van der Waals surface area contributed by atoms with Gasteiger partial charge in [0.15, 0.2) is 0 Å². The normalized spacial score (nSPS) is 9.88. The van der Waals surface area contributed by atoms with E-state index in [1.165, 1.54) is 17.1 Å². The van der Waals surface area contributed by atoms with E-state index in [1.54, 1.807) is 6.92 Å². The Balaban J connectivity index is 2.82. The molecule has 0 N–H and O–H groups in total. The summed E-state index contributed by atoms with van der Waals surface area (Å²) in [4.78, 5) is 26.7. The Morgan fingerprint density at radius 2 is 2.38 bits per heavy atom. The van der Waals surface area contributed by atoms with Crippen molar-refractivity contribution < 1.29 is 9.53 Å². The second kappa shape index (κ2) is 5.60. The third kappa shape index (κ3) is 3.03. The van der Waals surface area contributed by atoms with Crippen LogP contribution in [0.5, 0.6) is 0 Å². The molecular formula is C10H11BrN2O3. The van der Waals surface area contributed by atoms with Crippen LogP contribution in [0.25, 0.3) is 0 Å². The Hall–Kier alpha value is -1.43. The van der Waals surface area contributed by atoms with Crippen molar-refractivity contribution in [3.8, 4) is 0 Å². The van der Waals surface area contributed by atoms with Crippen molar-refractivity contribution in [2.24, 2.45) is 0 Å². The second-order valence-electron chi connectivity index (χ2n) is 3.00. The predicted molar refractivity (Wildman–Crippen MR) is 62.0 cm³/mol. The van der Waals surface area contributed by atoms with Crippen molar-refractivity contribution in [3.05, 3.63) is 39.5 Å². The molecule has 0 atom stereocenters. The summed E-state index contributed by atoms with van der Waals surface area (Å²) in [5, 5.41) is 0. The van der Waals surface area contributed by atoms with Crippen LogP contribution in [0.3, 0.4) is 0 Å². The highest BCUT2D eigenvalue weighted by atomic mass is 79.9. The average Bonchev–Trinajstić information content (AvgIpc) is 2.25. The Labute approximate surface area is 101 Å². The molecule has 0 aliphatic rings. The van der Waals surface area contributed by atoms with Crippen LogP contribution in [0, 0.1) is 0 Å². The first-order valence-corrected chi connectivity index (χ1v) is 5.40. The summed E-state index contributed by atoms with van der Waals surface area (Å²) in [5.41, 5.74) is -0.0516. The van der Waals surface area contributed by atoms with Gasteiger partial charge in [-0.1, -0.05) is 6.58 Å². The number of carbonyl (C=O) groups is 1. The summed E-state index contributed by atoms with van der Waals surface area (Å²) in [6.07, 6.45) is 2.74. The lowest BCUT2D eigenvalue weighted by atomic mass is 10.3. The Kier molecular flexibility index (Phi) is 4.42. The zero-order valence-electron chi connectivity index (χ0n) is 8.77. The number of nitrogens with zero attached hydrogens (tertiary/aromatic N) is 2. The lowest BCUT2D eigenvalue weighted by Gasteiger charge is -2.07. The molecule has 0 unspecified atom stereocenters. The summed E-state index contributed by atoms with van der Waals surface area (Å²) in [6.45, 7) is 5.62. The van der Waals surface area contributed by atoms with Gasteiger partial charge in [0.05, 0.1) is 19.5 Å². The van der Waals surface area contributed by atoms with E-state index in [1.807, 2.05) is 0 Å². The topological polar surface area (TPSA) is 61.2 Å². The van der Waals surface area contributed by atoms with Crippen LogP contribution in [0.1, 0.15) is 6.92 Å². The van der Waals surface area contributed by atoms with Gasteiger partial charge in [0.1, 0.15) is 4.47 Å². The number of hydrogen-bond acceptors (Lipinski definition) is 4. The van der Waals surface area contributed by atoms with Gasteiger partial charge in [0.25, 0.3) is 5.56 Å². The highest BCUT2D eigenvalue weighted by Crippen LogP contribution is 2.01. The van der Waals surface area contributed by atoms with Gasteiger partial charge in [-0.25, -0.2) is 9.78 Å². The van der Waals surface area contributed by atoms with Gasteiger partial charge in [-0.3, -0.25) is 9.36 Å². The summed E-state index contributed by atoms with van der Waals surface area (Å²) in [5.74, 6) is -0.505. The van der Waals surface area contributed by atoms with Gasteiger partial charge in [-0.05, 0) is 22.9 Å². The molecule has 1 rings (SSSR count). The number of halogens is 1. The monoisotopic (exact) mass is 286 g/mol. The van der Waals surface area contributed by atoms with E-state index in [9.17, 15) is 9.59 Å². The van der Waals surface area contributed by atoms with E-state index >= 15 is 0 Å². The van der Waals surface area contributed by atoms with Crippen LogP contribution in [-0.2, 0) is 16.1 Å². The number of hydrogen-bond donors (Lipinski definition) is 0. The second-order valence-corrected chi connectivity index (χ2v) is 3.85. The minimum Gasteiger partial charge on any atom is -0.463 e. The lowest BCUT2D eigenvalue weighted by molar-refractivity contribution is -0.138. The molecule has 0 aromatic carbocycles. The molecule has 0 spiro atoms. The molecule has 1 heterocycles. The van der Waals surface area contributed by atoms with Crippen molar-refractivity contribution in [1.82, 2.24) is 9.55 Å². The van der Waals surface area contributed by atoms with Gasteiger partial charge >= 0.3 is 5.97 Å². The summed E-state index contributed by atoms with van der Waals surface area (Å²) < 4.78 is 6.38. The van der Waals surface area contributed by atoms with E-state index in [0.717, 1.165) is 0 Å². The lowest BCUT2D eigenvalue weighted by Crippen LogP contribution is -2.23. The Morgan fingerprint density at radius 1 is 1.69 bits per heavy atom. The number of rotatable bonds is 4. The smallest absolute Gasteiger partial charge is 0.335 e. The molecule has 6 heteroatoms. The van der Waals surface area contributed by atoms with Crippen LogP contribution in [0.15, 0.2) is 33.9 Å². The molecule has 1 aromatic rings. The summed E-state index contributed by atoms with van der Waals surface area (Å²) in [6, 6.07) is 0. The summed E-state index contributed by atoms with van der Waals surface area (Å²) >= 11 is 3.06. The molecule has 0 fully saturated rings. The fourth-order valence-corrected chi connectivity index (χ4v) is 1.39. The molecule has 0 radical (unpaired) electrons. The van der Waals surface area contributed by atoms with Crippen molar-refractivity contribution in [1.29, 1.82) is 0 Å². The van der Waals surface area contributed by atoms with E-state index in [-0.39, 0.29) is 24.3 Å². The minimum atomic E-state index is -0.505. The van der Waals surface area contributed by atoms with Gasteiger partial charge in [0.2, 0.25) is 0 Å². The fraction of sp³-hybridized carbons (Fsp3) is 0.300. The van der Waals surface area contributed by atoms with Crippen LogP contribution in [0.2, 0.25) is 0 Å². The molecule has 86 valence electrons. The SMILES string of the molecule is C=C(Cn1cncc(Br)c1=O)C(=O)OCC. The molecule has 0 amide bonds. The van der Waals surface area contributed by atoms with Crippen molar-refractivity contribution in [2.75, 3.05) is 6.61 Å². The fourth-order valence-electron chi connectivity index (χ4n) is 1.04. The van der Waals surface area contributed by atoms with E-state index < -0.39 is 5.97 Å². The highest BCUT2D eigenvalue weighted by Gasteiger charge is 2.10. The quantitative estimate of drug-likeness (QED) is 0.615. The molecule has 5 nitrogen and oxygen atoms in total. The van der Waals surface area contributed by atoms with Gasteiger partial charge in [0, 0.05) is 11.8 Å². The molecule has 0 bridgehead atoms. The zero-order chi connectivity index (χ0) is 12.1. The first-order chi connectivity index (χ1) is 7.56. The first-order valence-electron chi connectivity index (χ1n) is 4.61. The zero-order valence-corrected chi connectivity index (χ0v) is 10.4. The third-order valence-corrected chi connectivity index (χ3v) is 2.33. The molecule has 1 aromatic heterocycles. The van der Waals surface area contributed by atoms with Crippen molar-refractivity contribution in [2.45, 2.75) is 13.5 Å². The largest absolute Gasteiger partial charge is 0.463 e.